The molecule has 0 saturated carbocycles. The SMILES string of the molecule is Nc1cn[nH]c1C(=O)N1CCNC(=O)C1. The maximum Gasteiger partial charge on any atom is 0.274 e. The zero-order valence-electron chi connectivity index (χ0n) is 7.99. The standard InChI is InChI=1S/C8H11N5O2/c9-5-3-11-12-7(5)8(15)13-2-1-10-6(14)4-13/h3H,1-2,4,9H2,(H,10,14)(H,11,12). The molecule has 0 aromatic carbocycles. The maximum absolute atomic E-state index is 11.8. The van der Waals surface area contributed by atoms with E-state index in [9.17, 15) is 9.59 Å². The first-order chi connectivity index (χ1) is 7.18. The molecule has 80 valence electrons. The molecular weight excluding hydrogens is 198 g/mol. The van der Waals surface area contributed by atoms with Crippen LogP contribution in [-0.4, -0.2) is 46.5 Å². The van der Waals surface area contributed by atoms with Crippen molar-refractivity contribution >= 4 is 17.5 Å². The molecule has 0 bridgehead atoms. The third kappa shape index (κ3) is 1.76. The highest BCUT2D eigenvalue weighted by Crippen LogP contribution is 2.10. The van der Waals surface area contributed by atoms with Gasteiger partial charge >= 0.3 is 0 Å². The molecule has 4 N–H and O–H groups in total. The van der Waals surface area contributed by atoms with Gasteiger partial charge in [-0.15, -0.1) is 0 Å². The lowest BCUT2D eigenvalue weighted by Gasteiger charge is -2.26. The lowest BCUT2D eigenvalue weighted by Crippen LogP contribution is -2.50. The molecule has 1 fully saturated rings. The van der Waals surface area contributed by atoms with Crippen LogP contribution in [0, 0.1) is 0 Å². The minimum atomic E-state index is -0.292. The van der Waals surface area contributed by atoms with Crippen LogP contribution in [0.4, 0.5) is 5.69 Å². The van der Waals surface area contributed by atoms with Crippen LogP contribution >= 0.6 is 0 Å². The zero-order valence-corrected chi connectivity index (χ0v) is 7.99. The van der Waals surface area contributed by atoms with Crippen LogP contribution in [0.5, 0.6) is 0 Å². The number of carbonyl (C=O) groups is 2. The fraction of sp³-hybridized carbons (Fsp3) is 0.375. The fourth-order valence-corrected chi connectivity index (χ4v) is 1.44. The van der Waals surface area contributed by atoms with Crippen molar-refractivity contribution in [1.82, 2.24) is 20.4 Å². The molecule has 7 heteroatoms. The van der Waals surface area contributed by atoms with Crippen molar-refractivity contribution in [2.24, 2.45) is 0 Å². The van der Waals surface area contributed by atoms with Crippen molar-refractivity contribution in [3.05, 3.63) is 11.9 Å². The summed E-state index contributed by atoms with van der Waals surface area (Å²) in [5, 5.41) is 8.81. The number of piperazine rings is 1. The zero-order chi connectivity index (χ0) is 10.8. The molecule has 2 heterocycles. The summed E-state index contributed by atoms with van der Waals surface area (Å²) in [6.07, 6.45) is 1.37. The summed E-state index contributed by atoms with van der Waals surface area (Å²) in [5.41, 5.74) is 6.08. The van der Waals surface area contributed by atoms with Crippen LogP contribution in [0.2, 0.25) is 0 Å². The van der Waals surface area contributed by atoms with E-state index in [-0.39, 0.29) is 24.1 Å². The second-order valence-electron chi connectivity index (χ2n) is 3.28. The van der Waals surface area contributed by atoms with Gasteiger partial charge in [0.1, 0.15) is 5.69 Å². The quantitative estimate of drug-likeness (QED) is 0.527. The number of aromatic nitrogens is 2. The summed E-state index contributed by atoms with van der Waals surface area (Å²) in [5.74, 6) is -0.451. The second-order valence-corrected chi connectivity index (χ2v) is 3.28. The van der Waals surface area contributed by atoms with Gasteiger partial charge in [-0.2, -0.15) is 5.10 Å². The molecule has 0 spiro atoms. The molecule has 2 rings (SSSR count). The normalized spacial score (nSPS) is 16.3. The summed E-state index contributed by atoms with van der Waals surface area (Å²) in [7, 11) is 0. The number of aromatic amines is 1. The second kappa shape index (κ2) is 3.60. The van der Waals surface area contributed by atoms with Gasteiger partial charge in [-0.1, -0.05) is 0 Å². The topological polar surface area (TPSA) is 104 Å². The minimum absolute atomic E-state index is 0.0668. The average Bonchev–Trinajstić information content (AvgIpc) is 2.63. The van der Waals surface area contributed by atoms with Gasteiger partial charge < -0.3 is 16.0 Å². The van der Waals surface area contributed by atoms with Gasteiger partial charge in [0.25, 0.3) is 5.91 Å². The molecule has 0 atom stereocenters. The number of nitrogens with zero attached hydrogens (tertiary/aromatic N) is 2. The fourth-order valence-electron chi connectivity index (χ4n) is 1.44. The average molecular weight is 209 g/mol. The Kier molecular flexibility index (Phi) is 2.28. The number of nitrogens with two attached hydrogens (primary N) is 1. The predicted octanol–water partition coefficient (Wildman–Crippen LogP) is -1.44. The van der Waals surface area contributed by atoms with E-state index < -0.39 is 0 Å². The molecule has 1 aliphatic heterocycles. The van der Waals surface area contributed by atoms with Crippen LogP contribution in [0.25, 0.3) is 0 Å². The predicted molar refractivity (Wildman–Crippen MR) is 51.9 cm³/mol. The Bertz CT molecular complexity index is 399. The maximum atomic E-state index is 11.8. The van der Waals surface area contributed by atoms with Gasteiger partial charge in [-0.25, -0.2) is 0 Å². The molecule has 1 saturated heterocycles. The smallest absolute Gasteiger partial charge is 0.274 e. The van der Waals surface area contributed by atoms with E-state index in [0.717, 1.165) is 0 Å². The minimum Gasteiger partial charge on any atom is -0.396 e. The lowest BCUT2D eigenvalue weighted by atomic mass is 10.3. The van der Waals surface area contributed by atoms with E-state index in [4.69, 9.17) is 5.73 Å². The third-order valence-corrected chi connectivity index (χ3v) is 2.21. The van der Waals surface area contributed by atoms with Gasteiger partial charge in [0, 0.05) is 13.1 Å². The summed E-state index contributed by atoms with van der Waals surface area (Å²) in [4.78, 5) is 24.3. The number of amides is 2. The van der Waals surface area contributed by atoms with Crippen molar-refractivity contribution in [2.75, 3.05) is 25.4 Å². The molecule has 7 nitrogen and oxygen atoms in total. The Hall–Kier alpha value is -2.05. The third-order valence-electron chi connectivity index (χ3n) is 2.21. The first-order valence-electron chi connectivity index (χ1n) is 4.53. The van der Waals surface area contributed by atoms with Crippen LogP contribution < -0.4 is 11.1 Å². The number of rotatable bonds is 1. The Morgan fingerprint density at radius 2 is 2.40 bits per heavy atom. The number of anilines is 1. The van der Waals surface area contributed by atoms with Crippen molar-refractivity contribution in [3.8, 4) is 0 Å². The number of hydrogen-bond acceptors (Lipinski definition) is 4. The molecule has 0 aliphatic carbocycles. The highest BCUT2D eigenvalue weighted by Gasteiger charge is 2.24. The molecule has 0 unspecified atom stereocenters. The van der Waals surface area contributed by atoms with Crippen molar-refractivity contribution in [3.63, 3.8) is 0 Å². The van der Waals surface area contributed by atoms with Crippen LogP contribution in [0.3, 0.4) is 0 Å². The van der Waals surface area contributed by atoms with Crippen molar-refractivity contribution in [2.45, 2.75) is 0 Å². The number of nitrogens with one attached hydrogen (secondary N) is 2. The van der Waals surface area contributed by atoms with Crippen molar-refractivity contribution in [1.29, 1.82) is 0 Å². The summed E-state index contributed by atoms with van der Waals surface area (Å²) < 4.78 is 0. The first-order valence-corrected chi connectivity index (χ1v) is 4.53. The Labute approximate surface area is 85.6 Å². The van der Waals surface area contributed by atoms with Crippen LogP contribution in [-0.2, 0) is 4.79 Å². The largest absolute Gasteiger partial charge is 0.396 e. The van der Waals surface area contributed by atoms with Crippen molar-refractivity contribution < 1.29 is 9.59 Å². The number of nitrogen functional groups attached to an aromatic ring is 1. The van der Waals surface area contributed by atoms with Gasteiger partial charge in [-0.3, -0.25) is 14.7 Å². The van der Waals surface area contributed by atoms with Gasteiger partial charge in [0.2, 0.25) is 5.91 Å². The first kappa shape index (κ1) is 9.50. The van der Waals surface area contributed by atoms with E-state index in [1.807, 2.05) is 0 Å². The van der Waals surface area contributed by atoms with E-state index in [1.54, 1.807) is 0 Å². The molecule has 2 amide bonds. The van der Waals surface area contributed by atoms with Gasteiger partial charge in [0.15, 0.2) is 0 Å². The number of hydrogen-bond donors (Lipinski definition) is 3. The Balaban J connectivity index is 2.14. The highest BCUT2D eigenvalue weighted by molar-refractivity contribution is 5.99. The van der Waals surface area contributed by atoms with Gasteiger partial charge in [-0.05, 0) is 0 Å². The molecule has 15 heavy (non-hydrogen) atoms. The Morgan fingerprint density at radius 3 is 3.00 bits per heavy atom. The van der Waals surface area contributed by atoms with E-state index in [2.05, 4.69) is 15.5 Å². The Morgan fingerprint density at radius 1 is 1.60 bits per heavy atom. The summed E-state index contributed by atoms with van der Waals surface area (Å²) in [6.45, 7) is 1.03. The van der Waals surface area contributed by atoms with E-state index in [0.29, 0.717) is 18.8 Å². The highest BCUT2D eigenvalue weighted by atomic mass is 16.2. The molecule has 1 aliphatic rings. The summed E-state index contributed by atoms with van der Waals surface area (Å²) >= 11 is 0. The van der Waals surface area contributed by atoms with E-state index in [1.165, 1.54) is 11.1 Å². The molecular formula is C8H11N5O2. The monoisotopic (exact) mass is 209 g/mol. The molecule has 1 aromatic heterocycles. The van der Waals surface area contributed by atoms with Gasteiger partial charge in [0.05, 0.1) is 18.4 Å². The van der Waals surface area contributed by atoms with Crippen LogP contribution in [0.1, 0.15) is 10.5 Å². The van der Waals surface area contributed by atoms with E-state index >= 15 is 0 Å². The molecule has 0 radical (unpaired) electrons. The molecule has 1 aromatic rings. The summed E-state index contributed by atoms with van der Waals surface area (Å²) in [6, 6.07) is 0. The number of H-pyrrole nitrogens is 1. The number of carbonyl (C=O) groups excluding carboxylic acids is 2. The van der Waals surface area contributed by atoms with Crippen LogP contribution in [0.15, 0.2) is 6.20 Å². The lowest BCUT2D eigenvalue weighted by molar-refractivity contribution is -0.123.